The van der Waals surface area contributed by atoms with Crippen molar-refractivity contribution in [3.05, 3.63) is 191 Å². The minimum absolute atomic E-state index is 0.137. The zero-order valence-electron chi connectivity index (χ0n) is 27.3. The predicted molar refractivity (Wildman–Crippen MR) is 205 cm³/mol. The summed E-state index contributed by atoms with van der Waals surface area (Å²) in [6.45, 7) is 0. The van der Waals surface area contributed by atoms with Crippen molar-refractivity contribution in [2.75, 3.05) is 0 Å². The van der Waals surface area contributed by atoms with E-state index in [4.69, 9.17) is 9.98 Å². The zero-order chi connectivity index (χ0) is 34.4. The Balaban J connectivity index is 1.13. The van der Waals surface area contributed by atoms with Gasteiger partial charge in [-0.05, 0) is 94.0 Å². The monoisotopic (exact) mass is 658 g/mol. The van der Waals surface area contributed by atoms with Gasteiger partial charge in [-0.1, -0.05) is 84.9 Å². The summed E-state index contributed by atoms with van der Waals surface area (Å²) in [5, 5.41) is 23.1. The van der Waals surface area contributed by atoms with Gasteiger partial charge in [0.15, 0.2) is 0 Å². The minimum Gasteiger partial charge on any atom is -0.507 e. The maximum Gasteiger partial charge on any atom is 0.126 e. The molecule has 1 aliphatic rings. The number of aliphatic imine (C=N–C) groups is 2. The second-order valence-electron chi connectivity index (χ2n) is 12.6. The van der Waals surface area contributed by atoms with Gasteiger partial charge >= 0.3 is 0 Å². The van der Waals surface area contributed by atoms with E-state index in [0.717, 1.165) is 33.3 Å². The van der Waals surface area contributed by atoms with Gasteiger partial charge in [-0.25, -0.2) is 0 Å². The smallest absolute Gasteiger partial charge is 0.126 e. The number of aromatic nitrogens is 2. The molecule has 2 heterocycles. The van der Waals surface area contributed by atoms with E-state index >= 15 is 0 Å². The highest BCUT2D eigenvalue weighted by atomic mass is 16.3. The Morgan fingerprint density at radius 3 is 1.33 bits per heavy atom. The average Bonchev–Trinajstić information content (AvgIpc) is 3.49. The topological polar surface area (TPSA) is 91.0 Å². The number of pyridine rings is 2. The summed E-state index contributed by atoms with van der Waals surface area (Å²) in [6.07, 6.45) is 6.81. The van der Waals surface area contributed by atoms with Crippen LogP contribution in [0.4, 0.5) is 11.4 Å². The number of hydrogen-bond acceptors (Lipinski definition) is 6. The predicted octanol–water partition coefficient (Wildman–Crippen LogP) is 10.1. The molecule has 0 radical (unpaired) electrons. The summed E-state index contributed by atoms with van der Waals surface area (Å²) >= 11 is 0. The molecule has 8 aromatic rings. The van der Waals surface area contributed by atoms with Crippen molar-refractivity contribution in [3.63, 3.8) is 0 Å². The van der Waals surface area contributed by atoms with Gasteiger partial charge in [0, 0.05) is 35.6 Å². The third-order valence-corrected chi connectivity index (χ3v) is 9.82. The van der Waals surface area contributed by atoms with Crippen LogP contribution in [0.15, 0.2) is 168 Å². The quantitative estimate of drug-likeness (QED) is 0.174. The molecule has 0 amide bonds. The van der Waals surface area contributed by atoms with E-state index in [9.17, 15) is 10.2 Å². The van der Waals surface area contributed by atoms with Crippen LogP contribution in [0.1, 0.15) is 33.4 Å². The van der Waals surface area contributed by atoms with Crippen molar-refractivity contribution < 1.29 is 10.2 Å². The molecule has 51 heavy (non-hydrogen) atoms. The molecule has 9 rings (SSSR count). The van der Waals surface area contributed by atoms with Gasteiger partial charge in [-0.15, -0.1) is 0 Å². The van der Waals surface area contributed by atoms with Crippen LogP contribution in [0.2, 0.25) is 0 Å². The fraction of sp³-hybridized carbons (Fsp3) is 0.0222. The lowest BCUT2D eigenvalue weighted by Gasteiger charge is -2.34. The number of nitrogens with zero attached hydrogens (tertiary/aromatic N) is 4. The Bertz CT molecular complexity index is 2480. The first-order valence-electron chi connectivity index (χ1n) is 16.7. The molecule has 0 saturated heterocycles. The van der Waals surface area contributed by atoms with Crippen LogP contribution in [-0.4, -0.2) is 32.6 Å². The molecule has 0 fully saturated rings. The highest BCUT2D eigenvalue weighted by molar-refractivity contribution is 6.02. The number of hydrogen-bond donors (Lipinski definition) is 2. The fourth-order valence-electron chi connectivity index (χ4n) is 7.47. The highest BCUT2D eigenvalue weighted by Crippen LogP contribution is 2.56. The largest absolute Gasteiger partial charge is 0.507 e. The first kappa shape index (κ1) is 30.2. The van der Waals surface area contributed by atoms with Crippen molar-refractivity contribution in [1.82, 2.24) is 9.97 Å². The van der Waals surface area contributed by atoms with Gasteiger partial charge in [0.05, 0.1) is 39.0 Å². The zero-order valence-corrected chi connectivity index (χ0v) is 27.3. The second kappa shape index (κ2) is 12.2. The normalized spacial score (nSPS) is 13.3. The number of fused-ring (bicyclic) bond motifs is 5. The van der Waals surface area contributed by atoms with E-state index in [1.54, 1.807) is 37.0 Å². The van der Waals surface area contributed by atoms with E-state index in [1.165, 1.54) is 22.3 Å². The number of aromatic hydroxyl groups is 2. The molecule has 0 atom stereocenters. The molecule has 0 bridgehead atoms. The Kier molecular flexibility index (Phi) is 7.21. The molecule has 0 spiro atoms. The first-order chi connectivity index (χ1) is 25.1. The van der Waals surface area contributed by atoms with Gasteiger partial charge < -0.3 is 10.2 Å². The van der Waals surface area contributed by atoms with E-state index in [1.807, 2.05) is 60.7 Å². The molecule has 1 aliphatic carbocycles. The summed E-state index contributed by atoms with van der Waals surface area (Å²) in [5.74, 6) is 0.274. The molecule has 6 nitrogen and oxygen atoms in total. The van der Waals surface area contributed by atoms with Crippen LogP contribution in [0.5, 0.6) is 11.5 Å². The number of benzene rings is 6. The molecular formula is C45H30N4O2. The SMILES string of the molecule is Oc1ccc2cccnc2c1C=Nc1ccc(C2(c3ccc(N=Cc4c(O)ccc5cccnc45)cc3)c3ccccc3-c3ccccc32)cc1. The first-order valence-corrected chi connectivity index (χ1v) is 16.7. The third-order valence-electron chi connectivity index (χ3n) is 9.82. The lowest BCUT2D eigenvalue weighted by Crippen LogP contribution is -2.28. The number of rotatable bonds is 6. The molecule has 0 aliphatic heterocycles. The molecule has 0 unspecified atom stereocenters. The van der Waals surface area contributed by atoms with Crippen LogP contribution >= 0.6 is 0 Å². The van der Waals surface area contributed by atoms with E-state index < -0.39 is 5.41 Å². The summed E-state index contributed by atoms with van der Waals surface area (Å²) in [4.78, 5) is 18.5. The molecule has 0 saturated carbocycles. The van der Waals surface area contributed by atoms with Crippen molar-refractivity contribution >= 4 is 45.6 Å². The van der Waals surface area contributed by atoms with Crippen LogP contribution in [0.3, 0.4) is 0 Å². The molecule has 242 valence electrons. The Morgan fingerprint density at radius 1 is 0.451 bits per heavy atom. The third kappa shape index (κ3) is 4.96. The molecule has 2 aromatic heterocycles. The maximum absolute atomic E-state index is 10.6. The Hall–Kier alpha value is -6.92. The molecular weight excluding hydrogens is 629 g/mol. The van der Waals surface area contributed by atoms with Gasteiger partial charge in [-0.3, -0.25) is 20.0 Å². The van der Waals surface area contributed by atoms with Gasteiger partial charge in [-0.2, -0.15) is 0 Å². The van der Waals surface area contributed by atoms with Crippen molar-refractivity contribution in [1.29, 1.82) is 0 Å². The number of phenolic OH excluding ortho intramolecular Hbond substituents is 2. The minimum atomic E-state index is -0.590. The Labute approximate surface area is 294 Å². The van der Waals surface area contributed by atoms with Gasteiger partial charge in [0.1, 0.15) is 11.5 Å². The summed E-state index contributed by atoms with van der Waals surface area (Å²) in [5.41, 5.74) is 10.5. The van der Waals surface area contributed by atoms with Gasteiger partial charge in [0.2, 0.25) is 0 Å². The fourth-order valence-corrected chi connectivity index (χ4v) is 7.47. The second-order valence-corrected chi connectivity index (χ2v) is 12.6. The average molecular weight is 659 g/mol. The maximum atomic E-state index is 10.6. The van der Waals surface area contributed by atoms with E-state index in [2.05, 4.69) is 82.8 Å². The summed E-state index contributed by atoms with van der Waals surface area (Å²) in [6, 6.07) is 48.7. The van der Waals surface area contributed by atoms with Crippen molar-refractivity contribution in [2.24, 2.45) is 9.98 Å². The van der Waals surface area contributed by atoms with Crippen LogP contribution in [0, 0.1) is 0 Å². The lowest BCUT2D eigenvalue weighted by molar-refractivity contribution is 0.474. The standard InChI is InChI=1S/C45H30N4O2/c50-41-23-13-29-7-5-25-46-43(29)37(41)27-48-33-19-15-31(16-20-33)45(39-11-3-1-9-35(39)36-10-2-4-12-40(36)45)32-17-21-34(22-18-32)49-28-38-42(51)24-14-30-8-6-26-47-44(30)38/h1-28,50-51H. The molecule has 6 heteroatoms. The lowest BCUT2D eigenvalue weighted by atomic mass is 9.67. The van der Waals surface area contributed by atoms with E-state index in [0.29, 0.717) is 22.2 Å². The summed E-state index contributed by atoms with van der Waals surface area (Å²) < 4.78 is 0. The Morgan fingerprint density at radius 2 is 0.882 bits per heavy atom. The molecule has 6 aromatic carbocycles. The number of phenols is 2. The van der Waals surface area contributed by atoms with Crippen molar-refractivity contribution in [3.8, 4) is 22.6 Å². The van der Waals surface area contributed by atoms with E-state index in [-0.39, 0.29) is 11.5 Å². The molecule has 2 N–H and O–H groups in total. The van der Waals surface area contributed by atoms with Crippen LogP contribution in [-0.2, 0) is 5.41 Å². The highest BCUT2D eigenvalue weighted by Gasteiger charge is 2.45. The van der Waals surface area contributed by atoms with Crippen LogP contribution < -0.4 is 0 Å². The van der Waals surface area contributed by atoms with Crippen LogP contribution in [0.25, 0.3) is 32.9 Å². The van der Waals surface area contributed by atoms with Crippen molar-refractivity contribution in [2.45, 2.75) is 5.41 Å². The summed E-state index contributed by atoms with van der Waals surface area (Å²) in [7, 11) is 0. The van der Waals surface area contributed by atoms with Gasteiger partial charge in [0.25, 0.3) is 0 Å².